The van der Waals surface area contributed by atoms with Gasteiger partial charge >= 0.3 is 0 Å². The van der Waals surface area contributed by atoms with E-state index >= 15 is 0 Å². The van der Waals surface area contributed by atoms with Crippen LogP contribution < -0.4 is 4.90 Å². The number of halogens is 1. The number of amides is 1. The fourth-order valence-electron chi connectivity index (χ4n) is 5.80. The molecule has 0 N–H and O–H groups in total. The van der Waals surface area contributed by atoms with E-state index in [1.807, 2.05) is 16.5 Å². The maximum atomic E-state index is 13.7. The SMILES string of the molecule is CCCCC(=O)N1CCCN(c2nc(CC3CCCCC3)nc3c2c(C)nn3-c2ccc(F)cc2)CC1. The normalized spacial score (nSPS) is 17.4. The summed E-state index contributed by atoms with van der Waals surface area (Å²) in [6.45, 7) is 7.19. The smallest absolute Gasteiger partial charge is 0.222 e. The number of aromatic nitrogens is 4. The van der Waals surface area contributed by atoms with E-state index in [4.69, 9.17) is 15.1 Å². The maximum Gasteiger partial charge on any atom is 0.222 e. The number of carbonyl (C=O) groups is 1. The first-order valence-corrected chi connectivity index (χ1v) is 14.1. The van der Waals surface area contributed by atoms with Gasteiger partial charge in [-0.3, -0.25) is 4.79 Å². The van der Waals surface area contributed by atoms with E-state index in [9.17, 15) is 9.18 Å². The van der Waals surface area contributed by atoms with Crippen LogP contribution in [0.1, 0.15) is 76.2 Å². The number of anilines is 1. The lowest BCUT2D eigenvalue weighted by Crippen LogP contribution is -2.35. The van der Waals surface area contributed by atoms with Crippen molar-refractivity contribution in [2.75, 3.05) is 31.1 Å². The maximum absolute atomic E-state index is 13.7. The second-order valence-corrected chi connectivity index (χ2v) is 10.7. The molecule has 7 nitrogen and oxygen atoms in total. The number of benzene rings is 1. The van der Waals surface area contributed by atoms with Crippen molar-refractivity contribution in [3.63, 3.8) is 0 Å². The highest BCUT2D eigenvalue weighted by molar-refractivity contribution is 5.91. The lowest BCUT2D eigenvalue weighted by molar-refractivity contribution is -0.131. The van der Waals surface area contributed by atoms with Crippen molar-refractivity contribution in [3.05, 3.63) is 41.6 Å². The van der Waals surface area contributed by atoms with Gasteiger partial charge in [0.05, 0.1) is 16.8 Å². The van der Waals surface area contributed by atoms with Gasteiger partial charge in [0, 0.05) is 39.0 Å². The molecular formula is C29H39FN6O. The molecule has 1 aliphatic heterocycles. The van der Waals surface area contributed by atoms with E-state index < -0.39 is 0 Å². The van der Waals surface area contributed by atoms with Gasteiger partial charge in [0.1, 0.15) is 17.5 Å². The molecule has 0 spiro atoms. The van der Waals surface area contributed by atoms with Crippen LogP contribution in [0.25, 0.3) is 16.7 Å². The van der Waals surface area contributed by atoms with Crippen molar-refractivity contribution in [3.8, 4) is 5.69 Å². The van der Waals surface area contributed by atoms with Crippen LogP contribution in [0.5, 0.6) is 0 Å². The summed E-state index contributed by atoms with van der Waals surface area (Å²) in [5, 5.41) is 5.78. The topological polar surface area (TPSA) is 67.2 Å². The predicted octanol–water partition coefficient (Wildman–Crippen LogP) is 5.61. The Morgan fingerprint density at radius 3 is 2.54 bits per heavy atom. The van der Waals surface area contributed by atoms with Gasteiger partial charge in [-0.1, -0.05) is 45.4 Å². The predicted molar refractivity (Wildman–Crippen MR) is 145 cm³/mol. The Bertz CT molecular complexity index is 1220. The second-order valence-electron chi connectivity index (χ2n) is 10.7. The molecule has 0 radical (unpaired) electrons. The van der Waals surface area contributed by atoms with Crippen molar-refractivity contribution >= 4 is 22.8 Å². The molecule has 1 aliphatic carbocycles. The van der Waals surface area contributed by atoms with Crippen LogP contribution in [-0.2, 0) is 11.2 Å². The van der Waals surface area contributed by atoms with Crippen LogP contribution in [0.15, 0.2) is 24.3 Å². The molecule has 3 aromatic rings. The van der Waals surface area contributed by atoms with Crippen molar-refractivity contribution in [1.29, 1.82) is 0 Å². The fourth-order valence-corrected chi connectivity index (χ4v) is 5.80. The Kier molecular flexibility index (Phi) is 8.01. The number of aryl methyl sites for hydroxylation is 1. The Morgan fingerprint density at radius 1 is 1.00 bits per heavy atom. The van der Waals surface area contributed by atoms with E-state index in [0.717, 1.165) is 79.4 Å². The lowest BCUT2D eigenvalue weighted by atomic mass is 9.87. The van der Waals surface area contributed by atoms with E-state index in [-0.39, 0.29) is 11.7 Å². The summed E-state index contributed by atoms with van der Waals surface area (Å²) < 4.78 is 15.5. The zero-order valence-corrected chi connectivity index (χ0v) is 22.3. The summed E-state index contributed by atoms with van der Waals surface area (Å²) in [6.07, 6.45) is 10.7. The zero-order chi connectivity index (χ0) is 25.8. The van der Waals surface area contributed by atoms with Gasteiger partial charge in [-0.25, -0.2) is 19.0 Å². The van der Waals surface area contributed by atoms with Crippen LogP contribution in [0, 0.1) is 18.7 Å². The molecule has 8 heteroatoms. The molecule has 0 atom stereocenters. The minimum absolute atomic E-state index is 0.259. The summed E-state index contributed by atoms with van der Waals surface area (Å²) in [4.78, 5) is 27.3. The molecule has 2 aliphatic rings. The largest absolute Gasteiger partial charge is 0.354 e. The monoisotopic (exact) mass is 506 g/mol. The average molecular weight is 507 g/mol. The summed E-state index contributed by atoms with van der Waals surface area (Å²) in [7, 11) is 0. The zero-order valence-electron chi connectivity index (χ0n) is 22.3. The number of rotatable bonds is 7. The molecule has 1 amide bonds. The average Bonchev–Trinajstić information content (AvgIpc) is 3.07. The highest BCUT2D eigenvalue weighted by Gasteiger charge is 2.26. The van der Waals surface area contributed by atoms with Crippen LogP contribution >= 0.6 is 0 Å². The lowest BCUT2D eigenvalue weighted by Gasteiger charge is -2.25. The molecule has 198 valence electrons. The van der Waals surface area contributed by atoms with Crippen molar-refractivity contribution in [2.24, 2.45) is 5.92 Å². The Morgan fingerprint density at radius 2 is 1.78 bits per heavy atom. The van der Waals surface area contributed by atoms with Gasteiger partial charge < -0.3 is 9.80 Å². The number of unbranched alkanes of at least 4 members (excludes halogenated alkanes) is 1. The highest BCUT2D eigenvalue weighted by atomic mass is 19.1. The Balaban J connectivity index is 1.51. The molecule has 1 aromatic carbocycles. The standard InChI is InChI=1S/C29H39FN6O/c1-3-4-11-26(37)34-16-8-17-35(19-18-34)28-27-21(2)33-36(24-14-12-23(30)13-15-24)29(27)32-25(31-28)20-22-9-6-5-7-10-22/h12-15,22H,3-11,16-20H2,1-2H3. The molecule has 2 aromatic heterocycles. The number of hydrogen-bond donors (Lipinski definition) is 0. The molecule has 0 unspecified atom stereocenters. The summed E-state index contributed by atoms with van der Waals surface area (Å²) in [5.74, 6) is 2.38. The second kappa shape index (κ2) is 11.6. The van der Waals surface area contributed by atoms with E-state index in [1.54, 1.807) is 12.1 Å². The van der Waals surface area contributed by atoms with Gasteiger partial charge in [-0.15, -0.1) is 0 Å². The number of carbonyl (C=O) groups excluding carboxylic acids is 1. The molecule has 1 saturated carbocycles. The number of fused-ring (bicyclic) bond motifs is 1. The molecule has 2 fully saturated rings. The van der Waals surface area contributed by atoms with E-state index in [1.165, 1.54) is 44.2 Å². The van der Waals surface area contributed by atoms with Crippen molar-refractivity contribution in [2.45, 2.75) is 78.1 Å². The molecule has 3 heterocycles. The summed E-state index contributed by atoms with van der Waals surface area (Å²) >= 11 is 0. The summed E-state index contributed by atoms with van der Waals surface area (Å²) in [6, 6.07) is 6.41. The quantitative estimate of drug-likeness (QED) is 0.416. The minimum Gasteiger partial charge on any atom is -0.354 e. The minimum atomic E-state index is -0.271. The third kappa shape index (κ3) is 5.78. The Hall–Kier alpha value is -3.03. The van der Waals surface area contributed by atoms with E-state index in [0.29, 0.717) is 18.9 Å². The molecular weight excluding hydrogens is 467 g/mol. The Labute approximate surface area is 219 Å². The van der Waals surface area contributed by atoms with Crippen LogP contribution in [-0.4, -0.2) is 56.7 Å². The van der Waals surface area contributed by atoms with E-state index in [2.05, 4.69) is 11.8 Å². The molecule has 0 bridgehead atoms. The van der Waals surface area contributed by atoms with Crippen LogP contribution in [0.3, 0.4) is 0 Å². The van der Waals surface area contributed by atoms with Crippen LogP contribution in [0.4, 0.5) is 10.2 Å². The first-order chi connectivity index (χ1) is 18.0. The first kappa shape index (κ1) is 25.6. The fraction of sp³-hybridized carbons (Fsp3) is 0.586. The van der Waals surface area contributed by atoms with Crippen molar-refractivity contribution < 1.29 is 9.18 Å². The third-order valence-electron chi connectivity index (χ3n) is 7.89. The van der Waals surface area contributed by atoms with Gasteiger partial charge in [-0.2, -0.15) is 5.10 Å². The number of nitrogens with zero attached hydrogens (tertiary/aromatic N) is 6. The van der Waals surface area contributed by atoms with Gasteiger partial charge in [-0.05, 0) is 49.9 Å². The first-order valence-electron chi connectivity index (χ1n) is 14.1. The molecule has 37 heavy (non-hydrogen) atoms. The third-order valence-corrected chi connectivity index (χ3v) is 7.89. The number of hydrogen-bond acceptors (Lipinski definition) is 5. The van der Waals surface area contributed by atoms with Gasteiger partial charge in [0.15, 0.2) is 5.65 Å². The summed E-state index contributed by atoms with van der Waals surface area (Å²) in [5.41, 5.74) is 2.43. The van der Waals surface area contributed by atoms with Gasteiger partial charge in [0.25, 0.3) is 0 Å². The highest BCUT2D eigenvalue weighted by Crippen LogP contribution is 2.32. The molecule has 1 saturated heterocycles. The van der Waals surface area contributed by atoms with Crippen LogP contribution in [0.2, 0.25) is 0 Å². The van der Waals surface area contributed by atoms with Crippen molar-refractivity contribution in [1.82, 2.24) is 24.6 Å². The van der Waals surface area contributed by atoms with Gasteiger partial charge in [0.2, 0.25) is 5.91 Å². The molecule has 5 rings (SSSR count).